The molecule has 3 heteroatoms. The highest BCUT2D eigenvalue weighted by molar-refractivity contribution is 5.60. The van der Waals surface area contributed by atoms with Gasteiger partial charge in [-0.15, -0.1) is 0 Å². The van der Waals surface area contributed by atoms with E-state index < -0.39 is 0 Å². The summed E-state index contributed by atoms with van der Waals surface area (Å²) in [5, 5.41) is 13.6. The van der Waals surface area contributed by atoms with Crippen molar-refractivity contribution in [3.05, 3.63) is 59.9 Å². The van der Waals surface area contributed by atoms with Crippen LogP contribution >= 0.6 is 0 Å². The topological polar surface area (TPSA) is 38.0 Å². The lowest BCUT2D eigenvalue weighted by atomic mass is 10.1. The molecule has 0 fully saturated rings. The fraction of sp³-hybridized carbons (Fsp3) is 0.188. The third kappa shape index (κ3) is 3.13. The minimum Gasteiger partial charge on any atom is -0.508 e. The van der Waals surface area contributed by atoms with Crippen LogP contribution in [0, 0.1) is 0 Å². The van der Waals surface area contributed by atoms with Crippen LogP contribution in [-0.2, 0) is 13.0 Å². The summed E-state index contributed by atoms with van der Waals surface area (Å²) < 4.78 is 1.98. The van der Waals surface area contributed by atoms with E-state index in [0.717, 1.165) is 24.2 Å². The zero-order chi connectivity index (χ0) is 13.7. The van der Waals surface area contributed by atoms with Gasteiger partial charge in [-0.05, 0) is 37.1 Å². The van der Waals surface area contributed by atoms with Gasteiger partial charge < -0.3 is 5.11 Å². The van der Waals surface area contributed by atoms with Gasteiger partial charge in [0.1, 0.15) is 5.75 Å². The average molecular weight is 254 g/mol. The van der Waals surface area contributed by atoms with Crippen molar-refractivity contribution in [2.45, 2.75) is 19.9 Å². The number of hydrogen-bond donors (Lipinski definition) is 1. The van der Waals surface area contributed by atoms with Crippen molar-refractivity contribution in [2.24, 2.45) is 0 Å². The smallest absolute Gasteiger partial charge is 0.115 e. The molecule has 0 atom stereocenters. The quantitative estimate of drug-likeness (QED) is 0.886. The molecular weight excluding hydrogens is 236 g/mol. The van der Waals surface area contributed by atoms with Gasteiger partial charge in [0, 0.05) is 12.1 Å². The van der Waals surface area contributed by atoms with E-state index in [2.05, 4.69) is 11.7 Å². The molecule has 3 nitrogen and oxygen atoms in total. The Bertz CT molecular complexity index is 579. The second-order valence-corrected chi connectivity index (χ2v) is 4.33. The number of nitrogens with zero attached hydrogens (tertiary/aromatic N) is 2. The number of aryl methyl sites for hydroxylation is 2. The number of phenols is 1. The van der Waals surface area contributed by atoms with Crippen molar-refractivity contribution in [3.8, 4) is 5.75 Å². The summed E-state index contributed by atoms with van der Waals surface area (Å²) in [4.78, 5) is 0. The normalized spacial score (nSPS) is 11.0. The number of aromatic hydroxyl groups is 1. The number of hydrogen-bond acceptors (Lipinski definition) is 2. The molecule has 0 aliphatic rings. The minimum atomic E-state index is 0.298. The molecule has 1 aromatic heterocycles. The first-order chi connectivity index (χ1) is 9.24. The Kier molecular flexibility index (Phi) is 4.18. The first-order valence-corrected chi connectivity index (χ1v) is 6.33. The molecule has 2 rings (SSSR count). The van der Waals surface area contributed by atoms with Crippen molar-refractivity contribution in [2.75, 3.05) is 0 Å². The van der Waals surface area contributed by atoms with Crippen LogP contribution in [0.4, 0.5) is 0 Å². The third-order valence-corrected chi connectivity index (χ3v) is 3.00. The third-order valence-electron chi connectivity index (χ3n) is 3.00. The van der Waals surface area contributed by atoms with E-state index in [1.54, 1.807) is 12.1 Å². The number of allylic oxidation sites excluding steroid dienone is 1. The Labute approximate surface area is 113 Å². The van der Waals surface area contributed by atoms with Crippen LogP contribution in [-0.4, -0.2) is 14.9 Å². The van der Waals surface area contributed by atoms with E-state index in [4.69, 9.17) is 0 Å². The molecule has 0 saturated carbocycles. The van der Waals surface area contributed by atoms with E-state index in [1.165, 1.54) is 5.56 Å². The highest BCUT2D eigenvalue weighted by Crippen LogP contribution is 2.14. The zero-order valence-corrected chi connectivity index (χ0v) is 11.1. The van der Waals surface area contributed by atoms with E-state index in [0.29, 0.717) is 5.75 Å². The number of benzene rings is 1. The lowest BCUT2D eigenvalue weighted by molar-refractivity contribution is 0.475. The molecule has 1 N–H and O–H groups in total. The number of aromatic nitrogens is 2. The van der Waals surface area contributed by atoms with E-state index in [-0.39, 0.29) is 0 Å². The summed E-state index contributed by atoms with van der Waals surface area (Å²) in [6.07, 6.45) is 8.57. The Morgan fingerprint density at radius 2 is 2.05 bits per heavy atom. The highest BCUT2D eigenvalue weighted by Gasteiger charge is 2.05. The van der Waals surface area contributed by atoms with Crippen molar-refractivity contribution in [1.82, 2.24) is 9.78 Å². The standard InChI is InChI=1S/C16H18N2O/c1-3-5-16-14(4-2)12-17-18(16)11-10-13-6-8-15(19)9-7-13/h3-9,12,19H,2,10-11H2,1H3/b5-3-. The molecule has 19 heavy (non-hydrogen) atoms. The van der Waals surface area contributed by atoms with Gasteiger partial charge in [0.2, 0.25) is 0 Å². The van der Waals surface area contributed by atoms with Crippen molar-refractivity contribution in [3.63, 3.8) is 0 Å². The lowest BCUT2D eigenvalue weighted by Gasteiger charge is -2.06. The molecule has 0 bridgehead atoms. The van der Waals surface area contributed by atoms with Crippen LogP contribution in [0.3, 0.4) is 0 Å². The largest absolute Gasteiger partial charge is 0.508 e. The van der Waals surface area contributed by atoms with Gasteiger partial charge in [-0.2, -0.15) is 5.10 Å². The Morgan fingerprint density at radius 3 is 2.68 bits per heavy atom. The lowest BCUT2D eigenvalue weighted by Crippen LogP contribution is -2.05. The molecular formula is C16H18N2O. The van der Waals surface area contributed by atoms with Gasteiger partial charge >= 0.3 is 0 Å². The van der Waals surface area contributed by atoms with Gasteiger partial charge in [0.15, 0.2) is 0 Å². The predicted molar refractivity (Wildman–Crippen MR) is 78.8 cm³/mol. The van der Waals surface area contributed by atoms with Crippen molar-refractivity contribution >= 4 is 12.2 Å². The number of phenolic OH excluding ortho intramolecular Hbond substituents is 1. The fourth-order valence-electron chi connectivity index (χ4n) is 1.98. The molecule has 0 radical (unpaired) electrons. The second-order valence-electron chi connectivity index (χ2n) is 4.33. The van der Waals surface area contributed by atoms with E-state index in [1.807, 2.05) is 48.2 Å². The molecule has 0 aliphatic carbocycles. The first kappa shape index (κ1) is 13.1. The maximum atomic E-state index is 9.25. The van der Waals surface area contributed by atoms with Crippen LogP contribution in [0.1, 0.15) is 23.7 Å². The summed E-state index contributed by atoms with van der Waals surface area (Å²) in [5.74, 6) is 0.298. The van der Waals surface area contributed by atoms with E-state index in [9.17, 15) is 5.11 Å². The Balaban J connectivity index is 2.13. The van der Waals surface area contributed by atoms with Gasteiger partial charge in [-0.25, -0.2) is 0 Å². The minimum absolute atomic E-state index is 0.298. The number of rotatable bonds is 5. The fourth-order valence-corrected chi connectivity index (χ4v) is 1.98. The Hall–Kier alpha value is -2.29. The summed E-state index contributed by atoms with van der Waals surface area (Å²) in [6, 6.07) is 7.28. The molecule has 98 valence electrons. The van der Waals surface area contributed by atoms with Crippen molar-refractivity contribution in [1.29, 1.82) is 0 Å². The second kappa shape index (κ2) is 6.05. The summed E-state index contributed by atoms with van der Waals surface area (Å²) in [5.41, 5.74) is 3.31. The first-order valence-electron chi connectivity index (χ1n) is 6.33. The average Bonchev–Trinajstić information content (AvgIpc) is 2.81. The summed E-state index contributed by atoms with van der Waals surface area (Å²) >= 11 is 0. The molecule has 0 aliphatic heterocycles. The summed E-state index contributed by atoms with van der Waals surface area (Å²) in [6.45, 7) is 6.59. The van der Waals surface area contributed by atoms with Gasteiger partial charge in [0.25, 0.3) is 0 Å². The Morgan fingerprint density at radius 1 is 1.32 bits per heavy atom. The predicted octanol–water partition coefficient (Wildman–Crippen LogP) is 3.51. The zero-order valence-electron chi connectivity index (χ0n) is 11.1. The monoisotopic (exact) mass is 254 g/mol. The maximum Gasteiger partial charge on any atom is 0.115 e. The SMILES string of the molecule is C=Cc1cnn(CCc2ccc(O)cc2)c1/C=C\C. The molecule has 1 aromatic carbocycles. The molecule has 0 spiro atoms. The van der Waals surface area contributed by atoms with Gasteiger partial charge in [-0.1, -0.05) is 30.9 Å². The molecule has 2 aromatic rings. The van der Waals surface area contributed by atoms with Crippen LogP contribution in [0.5, 0.6) is 5.75 Å². The maximum absolute atomic E-state index is 9.25. The molecule has 1 heterocycles. The molecule has 0 saturated heterocycles. The van der Waals surface area contributed by atoms with Crippen LogP contribution in [0.15, 0.2) is 43.1 Å². The van der Waals surface area contributed by atoms with E-state index >= 15 is 0 Å². The van der Waals surface area contributed by atoms with Crippen LogP contribution in [0.25, 0.3) is 12.2 Å². The molecule has 0 amide bonds. The van der Waals surface area contributed by atoms with Crippen LogP contribution in [0.2, 0.25) is 0 Å². The van der Waals surface area contributed by atoms with Gasteiger partial charge in [0.05, 0.1) is 11.9 Å². The van der Waals surface area contributed by atoms with Gasteiger partial charge in [-0.3, -0.25) is 4.68 Å². The summed E-state index contributed by atoms with van der Waals surface area (Å²) in [7, 11) is 0. The van der Waals surface area contributed by atoms with Crippen LogP contribution < -0.4 is 0 Å². The highest BCUT2D eigenvalue weighted by atomic mass is 16.3. The van der Waals surface area contributed by atoms with Crippen molar-refractivity contribution < 1.29 is 5.11 Å². The molecule has 0 unspecified atom stereocenters.